The first-order valence-electron chi connectivity index (χ1n) is 10.7. The van der Waals surface area contributed by atoms with E-state index in [1.165, 1.54) is 11.9 Å². The van der Waals surface area contributed by atoms with E-state index < -0.39 is 0 Å². The van der Waals surface area contributed by atoms with Crippen molar-refractivity contribution in [2.45, 2.75) is 44.8 Å². The summed E-state index contributed by atoms with van der Waals surface area (Å²) in [6.45, 7) is 12.3. The first-order valence-corrected chi connectivity index (χ1v) is 12.3. The van der Waals surface area contributed by atoms with Crippen molar-refractivity contribution < 1.29 is 4.74 Å². The summed E-state index contributed by atoms with van der Waals surface area (Å²) in [5.41, 5.74) is 7.51. The van der Waals surface area contributed by atoms with Gasteiger partial charge in [0.05, 0.1) is 21.9 Å². The van der Waals surface area contributed by atoms with E-state index in [4.69, 9.17) is 38.8 Å². The molecule has 1 aromatic heterocycles. The number of anilines is 2. The Morgan fingerprint density at radius 2 is 1.84 bits per heavy atom. The van der Waals surface area contributed by atoms with Gasteiger partial charge in [-0.1, -0.05) is 47.8 Å². The van der Waals surface area contributed by atoms with E-state index in [9.17, 15) is 0 Å². The number of nitrogens with zero attached hydrogens (tertiary/aromatic N) is 2. The van der Waals surface area contributed by atoms with Gasteiger partial charge in [-0.15, -0.1) is 0 Å². The number of ether oxygens (including phenoxy) is 1. The molecule has 0 radical (unpaired) electrons. The SMILES string of the molecule is C=CCOc1cc(Cl)c(Cl)cc1CC1CCN(c2ccc(N)cn2)CC1.CC(C)(C)SN. The average Bonchev–Trinajstić information content (AvgIpc) is 2.76. The van der Waals surface area contributed by atoms with Gasteiger partial charge in [-0.3, -0.25) is 5.14 Å². The number of hydrogen-bond acceptors (Lipinski definition) is 6. The summed E-state index contributed by atoms with van der Waals surface area (Å²) in [5, 5.41) is 6.30. The van der Waals surface area contributed by atoms with Gasteiger partial charge in [0.25, 0.3) is 0 Å². The van der Waals surface area contributed by atoms with Crippen LogP contribution in [0, 0.1) is 5.92 Å². The number of halogens is 2. The second kappa shape index (κ2) is 12.6. The van der Waals surface area contributed by atoms with Crippen LogP contribution < -0.4 is 20.5 Å². The Morgan fingerprint density at radius 3 is 2.38 bits per heavy atom. The highest BCUT2D eigenvalue weighted by molar-refractivity contribution is 7.98. The minimum atomic E-state index is 0.236. The highest BCUT2D eigenvalue weighted by Crippen LogP contribution is 2.34. The summed E-state index contributed by atoms with van der Waals surface area (Å²) in [4.78, 5) is 6.73. The van der Waals surface area contributed by atoms with Crippen molar-refractivity contribution in [1.82, 2.24) is 4.98 Å². The van der Waals surface area contributed by atoms with Gasteiger partial charge in [-0.05, 0) is 69.7 Å². The zero-order valence-corrected chi connectivity index (χ0v) is 21.4. The Bertz CT molecular complexity index is 864. The molecule has 0 saturated carbocycles. The Balaban J connectivity index is 0.000000534. The number of nitrogens with two attached hydrogens (primary N) is 2. The molecule has 176 valence electrons. The molecular formula is C24H34Cl2N4OS. The molecule has 0 unspecified atom stereocenters. The fourth-order valence-corrected chi connectivity index (χ4v) is 3.61. The lowest BCUT2D eigenvalue weighted by molar-refractivity contribution is 0.349. The molecule has 0 amide bonds. The van der Waals surface area contributed by atoms with Gasteiger partial charge in [0.2, 0.25) is 0 Å². The van der Waals surface area contributed by atoms with Crippen LogP contribution >= 0.6 is 35.1 Å². The minimum absolute atomic E-state index is 0.236. The molecule has 1 saturated heterocycles. The maximum atomic E-state index is 6.22. The third kappa shape index (κ3) is 8.74. The van der Waals surface area contributed by atoms with Crippen molar-refractivity contribution in [3.05, 3.63) is 58.7 Å². The number of piperidine rings is 1. The van der Waals surface area contributed by atoms with Gasteiger partial charge in [0.15, 0.2) is 0 Å². The highest BCUT2D eigenvalue weighted by Gasteiger charge is 2.22. The lowest BCUT2D eigenvalue weighted by Crippen LogP contribution is -2.34. The van der Waals surface area contributed by atoms with Crippen LogP contribution in [0.4, 0.5) is 11.5 Å². The molecule has 0 atom stereocenters. The van der Waals surface area contributed by atoms with E-state index in [0.717, 1.165) is 49.5 Å². The minimum Gasteiger partial charge on any atom is -0.489 e. The summed E-state index contributed by atoms with van der Waals surface area (Å²) in [6.07, 6.45) is 6.54. The van der Waals surface area contributed by atoms with Gasteiger partial charge < -0.3 is 15.4 Å². The van der Waals surface area contributed by atoms with Gasteiger partial charge in [-0.25, -0.2) is 4.98 Å². The second-order valence-corrected chi connectivity index (χ2v) is 11.1. The molecule has 5 nitrogen and oxygen atoms in total. The van der Waals surface area contributed by atoms with Crippen molar-refractivity contribution in [2.75, 3.05) is 30.3 Å². The Morgan fingerprint density at radius 1 is 1.22 bits per heavy atom. The van der Waals surface area contributed by atoms with Gasteiger partial charge in [0.1, 0.15) is 18.2 Å². The molecule has 2 heterocycles. The van der Waals surface area contributed by atoms with Crippen LogP contribution in [-0.2, 0) is 6.42 Å². The van der Waals surface area contributed by atoms with E-state index in [2.05, 4.69) is 37.2 Å². The normalized spacial score (nSPS) is 14.5. The van der Waals surface area contributed by atoms with Crippen molar-refractivity contribution in [1.29, 1.82) is 0 Å². The highest BCUT2D eigenvalue weighted by atomic mass is 35.5. The molecule has 4 N–H and O–H groups in total. The van der Waals surface area contributed by atoms with Gasteiger partial charge in [0, 0.05) is 23.9 Å². The molecular weight excluding hydrogens is 463 g/mol. The maximum absolute atomic E-state index is 6.22. The molecule has 1 aromatic carbocycles. The lowest BCUT2D eigenvalue weighted by atomic mass is 9.90. The van der Waals surface area contributed by atoms with Crippen LogP contribution in [0.1, 0.15) is 39.2 Å². The van der Waals surface area contributed by atoms with Gasteiger partial charge in [-0.2, -0.15) is 0 Å². The van der Waals surface area contributed by atoms with E-state index in [-0.39, 0.29) is 4.75 Å². The third-order valence-electron chi connectivity index (χ3n) is 5.03. The molecule has 0 aliphatic carbocycles. The summed E-state index contributed by atoms with van der Waals surface area (Å²) in [7, 11) is 0. The predicted molar refractivity (Wildman–Crippen MR) is 141 cm³/mol. The fraction of sp³-hybridized carbons (Fsp3) is 0.458. The quantitative estimate of drug-likeness (QED) is 0.356. The van der Waals surface area contributed by atoms with Crippen molar-refractivity contribution in [2.24, 2.45) is 11.1 Å². The first-order chi connectivity index (χ1) is 15.1. The Kier molecular flexibility index (Phi) is 10.5. The predicted octanol–water partition coefficient (Wildman–Crippen LogP) is 6.39. The summed E-state index contributed by atoms with van der Waals surface area (Å²) < 4.78 is 6.01. The number of benzene rings is 1. The molecule has 8 heteroatoms. The fourth-order valence-electron chi connectivity index (χ4n) is 3.27. The number of aromatic nitrogens is 1. The molecule has 2 aromatic rings. The average molecular weight is 498 g/mol. The molecule has 1 fully saturated rings. The van der Waals surface area contributed by atoms with Crippen LogP contribution in [0.2, 0.25) is 10.0 Å². The van der Waals surface area contributed by atoms with Crippen LogP contribution in [0.3, 0.4) is 0 Å². The van der Waals surface area contributed by atoms with Crippen molar-refractivity contribution >= 4 is 46.7 Å². The van der Waals surface area contributed by atoms with Gasteiger partial charge >= 0.3 is 0 Å². The van der Waals surface area contributed by atoms with E-state index in [1.807, 2.05) is 18.2 Å². The lowest BCUT2D eigenvalue weighted by Gasteiger charge is -2.33. The van der Waals surface area contributed by atoms with Crippen molar-refractivity contribution in [3.63, 3.8) is 0 Å². The topological polar surface area (TPSA) is 77.4 Å². The van der Waals surface area contributed by atoms with Crippen LogP contribution in [-0.4, -0.2) is 29.4 Å². The zero-order chi connectivity index (χ0) is 23.7. The van der Waals surface area contributed by atoms with E-state index in [1.54, 1.807) is 18.3 Å². The largest absolute Gasteiger partial charge is 0.489 e. The first kappa shape index (κ1) is 26.7. The number of nitrogen functional groups attached to an aromatic ring is 1. The summed E-state index contributed by atoms with van der Waals surface area (Å²) in [6, 6.07) is 7.61. The molecule has 32 heavy (non-hydrogen) atoms. The second-order valence-electron chi connectivity index (χ2n) is 8.79. The maximum Gasteiger partial charge on any atom is 0.128 e. The third-order valence-corrected chi connectivity index (χ3v) is 6.46. The summed E-state index contributed by atoms with van der Waals surface area (Å²) in [5.74, 6) is 2.35. The monoisotopic (exact) mass is 496 g/mol. The van der Waals surface area contributed by atoms with E-state index in [0.29, 0.717) is 28.3 Å². The molecule has 1 aliphatic heterocycles. The van der Waals surface area contributed by atoms with Crippen LogP contribution in [0.15, 0.2) is 43.1 Å². The van der Waals surface area contributed by atoms with Crippen molar-refractivity contribution in [3.8, 4) is 5.75 Å². The van der Waals surface area contributed by atoms with Crippen LogP contribution in [0.5, 0.6) is 5.75 Å². The van der Waals surface area contributed by atoms with E-state index >= 15 is 0 Å². The standard InChI is InChI=1S/C20H23Cl2N3O.C4H11NS/c1-2-9-26-19-12-18(22)17(21)11-15(19)10-14-5-7-25(8-6-14)20-4-3-16(23)13-24-20;1-4(2,3)6-5/h2-4,11-14H,1,5-10,23H2;5H2,1-3H3. The zero-order valence-electron chi connectivity index (χ0n) is 19.1. The van der Waals surface area contributed by atoms with Crippen LogP contribution in [0.25, 0.3) is 0 Å². The molecule has 0 bridgehead atoms. The number of hydrogen-bond donors (Lipinski definition) is 2. The Labute approximate surface area is 206 Å². The molecule has 0 spiro atoms. The number of pyridine rings is 1. The molecule has 3 rings (SSSR count). The number of rotatable bonds is 6. The smallest absolute Gasteiger partial charge is 0.128 e. The Hall–Kier alpha value is -1.60. The summed E-state index contributed by atoms with van der Waals surface area (Å²) >= 11 is 13.7. The molecule has 1 aliphatic rings.